The van der Waals surface area contributed by atoms with Gasteiger partial charge in [-0.15, -0.1) is 0 Å². The van der Waals surface area contributed by atoms with Gasteiger partial charge in [-0.2, -0.15) is 25.9 Å². The van der Waals surface area contributed by atoms with Crippen LogP contribution in [-0.2, 0) is 10.2 Å². The molecule has 2 fully saturated rings. The van der Waals surface area contributed by atoms with Gasteiger partial charge in [0.05, 0.1) is 0 Å². The van der Waals surface area contributed by atoms with Crippen molar-refractivity contribution in [2.24, 2.45) is 5.92 Å². The zero-order chi connectivity index (χ0) is 16.4. The summed E-state index contributed by atoms with van der Waals surface area (Å²) in [6, 6.07) is -1.79. The molecule has 2 N–H and O–H groups in total. The summed E-state index contributed by atoms with van der Waals surface area (Å²) in [4.78, 5) is 1.28. The van der Waals surface area contributed by atoms with Crippen molar-refractivity contribution >= 4 is 10.2 Å². The monoisotopic (exact) mass is 344 g/mol. The second-order valence-electron chi connectivity index (χ2n) is 5.95. The van der Waals surface area contributed by atoms with Gasteiger partial charge in [0.2, 0.25) is 0 Å². The smallest absolute Gasteiger partial charge is 0.314 e. The molecule has 0 spiro atoms. The van der Waals surface area contributed by atoms with Gasteiger partial charge >= 0.3 is 6.18 Å². The molecule has 0 bridgehead atoms. The van der Waals surface area contributed by atoms with Gasteiger partial charge in [0.25, 0.3) is 10.2 Å². The van der Waals surface area contributed by atoms with E-state index in [4.69, 9.17) is 0 Å². The highest BCUT2D eigenvalue weighted by Gasteiger charge is 2.44. The van der Waals surface area contributed by atoms with Gasteiger partial charge in [-0.25, -0.2) is 4.72 Å². The molecular formula is C12H23F3N4O2S. The number of alkyl halides is 3. The van der Waals surface area contributed by atoms with Crippen LogP contribution in [0.4, 0.5) is 13.2 Å². The van der Waals surface area contributed by atoms with Crippen LogP contribution in [-0.4, -0.2) is 75.7 Å². The zero-order valence-corrected chi connectivity index (χ0v) is 13.4. The lowest BCUT2D eigenvalue weighted by Crippen LogP contribution is -2.58. The summed E-state index contributed by atoms with van der Waals surface area (Å²) in [5.41, 5.74) is 0. The Balaban J connectivity index is 1.98. The van der Waals surface area contributed by atoms with Crippen molar-refractivity contribution < 1.29 is 21.6 Å². The van der Waals surface area contributed by atoms with Crippen molar-refractivity contribution in [1.82, 2.24) is 19.2 Å². The third kappa shape index (κ3) is 4.54. The van der Waals surface area contributed by atoms with Crippen LogP contribution in [0, 0.1) is 5.92 Å². The van der Waals surface area contributed by atoms with E-state index in [1.807, 2.05) is 6.92 Å². The molecule has 0 aromatic rings. The SMILES string of the molecule is CC1CCN(S(=O)(=O)NCC(N2CCNCC2)C(F)(F)F)C1. The fourth-order valence-corrected chi connectivity index (χ4v) is 4.18. The standard InChI is InChI=1S/C12H23F3N4O2S/c1-10-2-5-19(9-10)22(20,21)17-8-11(12(13,14)15)18-6-3-16-4-7-18/h10-11,16-17H,2-9H2,1H3. The number of nitrogens with one attached hydrogen (secondary N) is 2. The molecule has 0 radical (unpaired) electrons. The maximum atomic E-state index is 13.2. The summed E-state index contributed by atoms with van der Waals surface area (Å²) in [7, 11) is -3.85. The molecule has 2 aliphatic heterocycles. The molecule has 0 aliphatic carbocycles. The van der Waals surface area contributed by atoms with E-state index in [2.05, 4.69) is 10.0 Å². The zero-order valence-electron chi connectivity index (χ0n) is 12.6. The Bertz CT molecular complexity index is 465. The van der Waals surface area contributed by atoms with Gasteiger partial charge < -0.3 is 5.32 Å². The maximum absolute atomic E-state index is 13.2. The highest BCUT2D eigenvalue weighted by molar-refractivity contribution is 7.87. The van der Waals surface area contributed by atoms with Crippen LogP contribution >= 0.6 is 0 Å². The van der Waals surface area contributed by atoms with Crippen LogP contribution in [0.2, 0.25) is 0 Å². The average molecular weight is 344 g/mol. The van der Waals surface area contributed by atoms with Gasteiger partial charge in [0.15, 0.2) is 0 Å². The molecule has 6 nitrogen and oxygen atoms in total. The predicted molar refractivity (Wildman–Crippen MR) is 76.6 cm³/mol. The van der Waals surface area contributed by atoms with Crippen molar-refractivity contribution in [3.8, 4) is 0 Å². The molecule has 2 saturated heterocycles. The molecule has 22 heavy (non-hydrogen) atoms. The number of piperazine rings is 1. The number of hydrogen-bond acceptors (Lipinski definition) is 4. The summed E-state index contributed by atoms with van der Waals surface area (Å²) in [6.45, 7) is 3.47. The van der Waals surface area contributed by atoms with Crippen LogP contribution in [0.3, 0.4) is 0 Å². The Morgan fingerprint density at radius 2 is 1.91 bits per heavy atom. The molecule has 10 heteroatoms. The van der Waals surface area contributed by atoms with Crippen molar-refractivity contribution in [1.29, 1.82) is 0 Å². The fraction of sp³-hybridized carbons (Fsp3) is 1.00. The van der Waals surface area contributed by atoms with E-state index in [9.17, 15) is 21.6 Å². The number of hydrogen-bond donors (Lipinski definition) is 2. The van der Waals surface area contributed by atoms with Crippen molar-refractivity contribution in [2.75, 3.05) is 45.8 Å². The second-order valence-corrected chi connectivity index (χ2v) is 7.70. The Morgan fingerprint density at radius 1 is 1.27 bits per heavy atom. The van der Waals surface area contributed by atoms with E-state index < -0.39 is 29.0 Å². The molecule has 2 rings (SSSR count). The quantitative estimate of drug-likeness (QED) is 0.737. The van der Waals surface area contributed by atoms with E-state index in [-0.39, 0.29) is 19.0 Å². The molecule has 2 unspecified atom stereocenters. The summed E-state index contributed by atoms with van der Waals surface area (Å²) in [5.74, 6) is 0.239. The van der Waals surface area contributed by atoms with Crippen LogP contribution in [0.25, 0.3) is 0 Å². The minimum atomic E-state index is -4.46. The number of nitrogens with zero attached hydrogens (tertiary/aromatic N) is 2. The molecule has 2 aliphatic rings. The van der Waals surface area contributed by atoms with Crippen LogP contribution < -0.4 is 10.0 Å². The van der Waals surface area contributed by atoms with Gasteiger partial charge in [-0.1, -0.05) is 6.92 Å². The predicted octanol–water partition coefficient (Wildman–Crippen LogP) is -0.00130. The lowest BCUT2D eigenvalue weighted by Gasteiger charge is -2.36. The Kier molecular flexibility index (Phi) is 5.70. The number of rotatable bonds is 5. The lowest BCUT2D eigenvalue weighted by molar-refractivity contribution is -0.182. The second kappa shape index (κ2) is 7.00. The minimum Gasteiger partial charge on any atom is -0.314 e. The van der Waals surface area contributed by atoms with Gasteiger partial charge in [-0.3, -0.25) is 4.90 Å². The molecule has 2 heterocycles. The largest absolute Gasteiger partial charge is 0.405 e. The summed E-state index contributed by atoms with van der Waals surface area (Å²) < 4.78 is 67.2. The number of halogens is 3. The minimum absolute atomic E-state index is 0.239. The lowest BCUT2D eigenvalue weighted by atomic mass is 10.2. The Hall–Kier alpha value is -0.420. The van der Waals surface area contributed by atoms with Crippen LogP contribution in [0.15, 0.2) is 0 Å². The fourth-order valence-electron chi connectivity index (χ4n) is 2.83. The normalized spacial score (nSPS) is 27.2. The molecule has 0 aromatic carbocycles. The molecule has 2 atom stereocenters. The first-order valence-corrected chi connectivity index (χ1v) is 8.90. The Morgan fingerprint density at radius 3 is 2.41 bits per heavy atom. The first kappa shape index (κ1) is 17.9. The highest BCUT2D eigenvalue weighted by atomic mass is 32.2. The van der Waals surface area contributed by atoms with Crippen molar-refractivity contribution in [2.45, 2.75) is 25.6 Å². The van der Waals surface area contributed by atoms with Crippen molar-refractivity contribution in [3.05, 3.63) is 0 Å². The average Bonchev–Trinajstić information content (AvgIpc) is 2.86. The summed E-state index contributed by atoms with van der Waals surface area (Å²) >= 11 is 0. The molecule has 130 valence electrons. The maximum Gasteiger partial charge on any atom is 0.405 e. The van der Waals surface area contributed by atoms with E-state index >= 15 is 0 Å². The van der Waals surface area contributed by atoms with E-state index in [1.54, 1.807) is 0 Å². The van der Waals surface area contributed by atoms with Crippen LogP contribution in [0.5, 0.6) is 0 Å². The first-order chi connectivity index (χ1) is 10.2. The molecule has 0 amide bonds. The van der Waals surface area contributed by atoms with E-state index in [0.717, 1.165) is 6.42 Å². The summed E-state index contributed by atoms with van der Waals surface area (Å²) in [6.07, 6.45) is -3.72. The topological polar surface area (TPSA) is 64.7 Å². The van der Waals surface area contributed by atoms with Crippen LogP contribution in [0.1, 0.15) is 13.3 Å². The Labute approximate surface area is 129 Å². The summed E-state index contributed by atoms with van der Waals surface area (Å²) in [5, 5.41) is 2.99. The molecule has 0 aromatic heterocycles. The van der Waals surface area contributed by atoms with Crippen molar-refractivity contribution in [3.63, 3.8) is 0 Å². The van der Waals surface area contributed by atoms with E-state index in [1.165, 1.54) is 9.21 Å². The van der Waals surface area contributed by atoms with Gasteiger partial charge in [-0.05, 0) is 12.3 Å². The molecule has 0 saturated carbocycles. The third-order valence-corrected chi connectivity index (χ3v) is 5.70. The van der Waals surface area contributed by atoms with Gasteiger partial charge in [0, 0.05) is 45.8 Å². The van der Waals surface area contributed by atoms with Gasteiger partial charge in [0.1, 0.15) is 6.04 Å². The highest BCUT2D eigenvalue weighted by Crippen LogP contribution is 2.25. The molecular weight excluding hydrogens is 321 g/mol. The third-order valence-electron chi connectivity index (χ3n) is 4.16. The van der Waals surface area contributed by atoms with E-state index in [0.29, 0.717) is 26.2 Å². The first-order valence-electron chi connectivity index (χ1n) is 7.46.